The van der Waals surface area contributed by atoms with Crippen LogP contribution in [0.3, 0.4) is 0 Å². The van der Waals surface area contributed by atoms with Crippen LogP contribution in [-0.2, 0) is 11.3 Å². The van der Waals surface area contributed by atoms with Crippen molar-refractivity contribution in [2.75, 3.05) is 38.7 Å². The third-order valence-electron chi connectivity index (χ3n) is 6.51. The number of ether oxygens (including phenoxy) is 1. The molecule has 0 atom stereocenters. The molecule has 1 heterocycles. The molecule has 2 amide bonds. The van der Waals surface area contributed by atoms with Crippen LogP contribution >= 0.6 is 0 Å². The maximum absolute atomic E-state index is 13.5. The minimum Gasteiger partial charge on any atom is -0.383 e. The van der Waals surface area contributed by atoms with Gasteiger partial charge in [0.15, 0.2) is 0 Å². The van der Waals surface area contributed by atoms with Gasteiger partial charge in [-0.2, -0.15) is 5.26 Å². The van der Waals surface area contributed by atoms with E-state index >= 15 is 0 Å². The van der Waals surface area contributed by atoms with Crippen LogP contribution in [0.15, 0.2) is 78.9 Å². The standard InChI is InChI=1S/C29H32N4O2/c1-35-19-18-33(26-14-16-32(17-15-26)22-24-9-7-8-23(20-24)21-30)29(34)31-28-13-6-5-12-27(28)25-10-3-2-4-11-25/h2-13,20,26H,14-19,22H2,1H3,(H,31,34). The summed E-state index contributed by atoms with van der Waals surface area (Å²) in [4.78, 5) is 17.8. The highest BCUT2D eigenvalue weighted by atomic mass is 16.5. The van der Waals surface area contributed by atoms with E-state index in [1.54, 1.807) is 7.11 Å². The highest BCUT2D eigenvalue weighted by molar-refractivity contribution is 5.94. The number of likely N-dealkylation sites (tertiary alicyclic amines) is 1. The minimum atomic E-state index is -0.0920. The molecule has 0 aliphatic carbocycles. The average molecular weight is 469 g/mol. The van der Waals surface area contributed by atoms with Crippen molar-refractivity contribution in [3.05, 3.63) is 90.0 Å². The summed E-state index contributed by atoms with van der Waals surface area (Å²) in [6, 6.07) is 28.1. The van der Waals surface area contributed by atoms with E-state index in [-0.39, 0.29) is 12.1 Å². The molecule has 0 unspecified atom stereocenters. The second-order valence-corrected chi connectivity index (χ2v) is 8.85. The lowest BCUT2D eigenvalue weighted by Crippen LogP contribution is -2.49. The van der Waals surface area contributed by atoms with Gasteiger partial charge in [-0.05, 0) is 42.2 Å². The van der Waals surface area contributed by atoms with Crippen molar-refractivity contribution < 1.29 is 9.53 Å². The Balaban J connectivity index is 1.42. The van der Waals surface area contributed by atoms with Gasteiger partial charge in [-0.1, -0.05) is 60.7 Å². The van der Waals surface area contributed by atoms with Gasteiger partial charge < -0.3 is 15.0 Å². The number of hydrogen-bond donors (Lipinski definition) is 1. The molecule has 0 spiro atoms. The van der Waals surface area contributed by atoms with Crippen LogP contribution in [0.1, 0.15) is 24.0 Å². The smallest absolute Gasteiger partial charge is 0.322 e. The Morgan fingerprint density at radius 3 is 2.54 bits per heavy atom. The number of anilines is 1. The molecule has 6 heteroatoms. The first-order chi connectivity index (χ1) is 17.2. The van der Waals surface area contributed by atoms with Crippen LogP contribution in [0.5, 0.6) is 0 Å². The summed E-state index contributed by atoms with van der Waals surface area (Å²) in [5, 5.41) is 12.3. The molecular weight excluding hydrogens is 436 g/mol. The molecule has 1 saturated heterocycles. The molecule has 4 rings (SSSR count). The van der Waals surface area contributed by atoms with E-state index in [0.717, 1.165) is 54.9 Å². The molecule has 3 aromatic carbocycles. The van der Waals surface area contributed by atoms with E-state index in [0.29, 0.717) is 18.7 Å². The Kier molecular flexibility index (Phi) is 8.50. The van der Waals surface area contributed by atoms with E-state index in [9.17, 15) is 4.79 Å². The number of urea groups is 1. The molecule has 1 aliphatic rings. The van der Waals surface area contributed by atoms with Gasteiger partial charge in [0.05, 0.1) is 23.9 Å². The van der Waals surface area contributed by atoms with Gasteiger partial charge in [0.2, 0.25) is 0 Å². The fourth-order valence-electron chi connectivity index (χ4n) is 4.67. The quantitative estimate of drug-likeness (QED) is 0.483. The number of rotatable bonds is 8. The van der Waals surface area contributed by atoms with Gasteiger partial charge in [-0.3, -0.25) is 4.90 Å². The normalized spacial score (nSPS) is 14.3. The largest absolute Gasteiger partial charge is 0.383 e. The number of benzene rings is 3. The Morgan fingerprint density at radius 1 is 1.06 bits per heavy atom. The fourth-order valence-corrected chi connectivity index (χ4v) is 4.67. The number of para-hydroxylation sites is 1. The van der Waals surface area contributed by atoms with Crippen molar-refractivity contribution in [2.45, 2.75) is 25.4 Å². The summed E-state index contributed by atoms with van der Waals surface area (Å²) in [6.07, 6.45) is 1.80. The summed E-state index contributed by atoms with van der Waals surface area (Å²) in [5.74, 6) is 0. The maximum Gasteiger partial charge on any atom is 0.322 e. The molecular formula is C29H32N4O2. The van der Waals surface area contributed by atoms with Gasteiger partial charge in [0.1, 0.15) is 0 Å². The van der Waals surface area contributed by atoms with Crippen molar-refractivity contribution >= 4 is 11.7 Å². The second-order valence-electron chi connectivity index (χ2n) is 8.85. The van der Waals surface area contributed by atoms with Crippen LogP contribution < -0.4 is 5.32 Å². The van der Waals surface area contributed by atoms with E-state index in [4.69, 9.17) is 10.00 Å². The van der Waals surface area contributed by atoms with Crippen molar-refractivity contribution in [3.8, 4) is 17.2 Å². The number of amides is 2. The topological polar surface area (TPSA) is 68.6 Å². The number of nitrogens with zero attached hydrogens (tertiary/aromatic N) is 3. The highest BCUT2D eigenvalue weighted by Gasteiger charge is 2.28. The summed E-state index contributed by atoms with van der Waals surface area (Å²) < 4.78 is 5.32. The molecule has 0 bridgehead atoms. The molecule has 0 saturated carbocycles. The maximum atomic E-state index is 13.5. The zero-order valence-electron chi connectivity index (χ0n) is 20.2. The Morgan fingerprint density at radius 2 is 1.80 bits per heavy atom. The first-order valence-corrected chi connectivity index (χ1v) is 12.1. The van der Waals surface area contributed by atoms with Crippen LogP contribution in [0.2, 0.25) is 0 Å². The van der Waals surface area contributed by atoms with E-state index in [1.807, 2.05) is 65.6 Å². The Bertz CT molecular complexity index is 1150. The SMILES string of the molecule is COCCN(C(=O)Nc1ccccc1-c1ccccc1)C1CCN(Cc2cccc(C#N)c2)CC1. The first kappa shape index (κ1) is 24.5. The second kappa shape index (κ2) is 12.2. The third kappa shape index (κ3) is 6.48. The molecule has 1 N–H and O–H groups in total. The van der Waals surface area contributed by atoms with Crippen LogP contribution in [0, 0.1) is 11.3 Å². The lowest BCUT2D eigenvalue weighted by molar-refractivity contribution is 0.0984. The van der Waals surface area contributed by atoms with E-state index < -0.39 is 0 Å². The van der Waals surface area contributed by atoms with Gasteiger partial charge in [-0.15, -0.1) is 0 Å². The molecule has 35 heavy (non-hydrogen) atoms. The first-order valence-electron chi connectivity index (χ1n) is 12.1. The zero-order valence-corrected chi connectivity index (χ0v) is 20.2. The summed E-state index contributed by atoms with van der Waals surface area (Å²) in [5.41, 5.74) is 4.72. The molecule has 6 nitrogen and oxygen atoms in total. The molecule has 180 valence electrons. The van der Waals surface area contributed by atoms with Crippen molar-refractivity contribution in [3.63, 3.8) is 0 Å². The van der Waals surface area contributed by atoms with Crippen molar-refractivity contribution in [1.29, 1.82) is 5.26 Å². The molecule has 1 aliphatic heterocycles. The number of nitriles is 1. The summed E-state index contributed by atoms with van der Waals surface area (Å²) >= 11 is 0. The number of hydrogen-bond acceptors (Lipinski definition) is 4. The van der Waals surface area contributed by atoms with Gasteiger partial charge in [0.25, 0.3) is 0 Å². The van der Waals surface area contributed by atoms with Crippen LogP contribution in [0.4, 0.5) is 10.5 Å². The van der Waals surface area contributed by atoms with Crippen molar-refractivity contribution in [1.82, 2.24) is 9.80 Å². The molecule has 0 aromatic heterocycles. The van der Waals surface area contributed by atoms with Gasteiger partial charge in [-0.25, -0.2) is 4.79 Å². The fraction of sp³-hybridized carbons (Fsp3) is 0.310. The van der Waals surface area contributed by atoms with E-state index in [1.165, 1.54) is 0 Å². The third-order valence-corrected chi connectivity index (χ3v) is 6.51. The summed E-state index contributed by atoms with van der Waals surface area (Å²) in [7, 11) is 1.67. The number of piperidine rings is 1. The van der Waals surface area contributed by atoms with Crippen LogP contribution in [-0.4, -0.2) is 55.2 Å². The molecule has 3 aromatic rings. The van der Waals surface area contributed by atoms with Crippen LogP contribution in [0.25, 0.3) is 11.1 Å². The van der Waals surface area contributed by atoms with Gasteiger partial charge >= 0.3 is 6.03 Å². The lowest BCUT2D eigenvalue weighted by Gasteiger charge is -2.38. The Labute approximate surface area is 207 Å². The Hall–Kier alpha value is -3.66. The van der Waals surface area contributed by atoms with Gasteiger partial charge in [0, 0.05) is 44.9 Å². The average Bonchev–Trinajstić information content (AvgIpc) is 2.91. The lowest BCUT2D eigenvalue weighted by atomic mass is 10.0. The predicted octanol–water partition coefficient (Wildman–Crippen LogP) is 5.37. The highest BCUT2D eigenvalue weighted by Crippen LogP contribution is 2.28. The zero-order chi connectivity index (χ0) is 24.5. The minimum absolute atomic E-state index is 0.0920. The number of methoxy groups -OCH3 is 1. The van der Waals surface area contributed by atoms with Crippen molar-refractivity contribution in [2.24, 2.45) is 0 Å². The monoisotopic (exact) mass is 468 g/mol. The number of carbonyl (C=O) groups is 1. The molecule has 1 fully saturated rings. The predicted molar refractivity (Wildman–Crippen MR) is 139 cm³/mol. The summed E-state index contributed by atoms with van der Waals surface area (Å²) in [6.45, 7) is 3.66. The molecule has 0 radical (unpaired) electrons. The number of carbonyl (C=O) groups excluding carboxylic acids is 1. The number of nitrogens with one attached hydrogen (secondary N) is 1. The van der Waals surface area contributed by atoms with E-state index in [2.05, 4.69) is 34.5 Å².